The first-order valence-corrected chi connectivity index (χ1v) is 12.9. The van der Waals surface area contributed by atoms with Gasteiger partial charge in [-0.25, -0.2) is 9.59 Å². The van der Waals surface area contributed by atoms with Gasteiger partial charge in [-0.05, 0) is 74.6 Å². The summed E-state index contributed by atoms with van der Waals surface area (Å²) < 4.78 is 16.9. The highest BCUT2D eigenvalue weighted by Gasteiger charge is 2.19. The van der Waals surface area contributed by atoms with Crippen molar-refractivity contribution in [2.75, 3.05) is 26.3 Å². The molecule has 0 bridgehead atoms. The molecular weight excluding hydrogens is 458 g/mol. The van der Waals surface area contributed by atoms with Gasteiger partial charge < -0.3 is 24.2 Å². The number of carboxylic acids is 1. The van der Waals surface area contributed by atoms with E-state index in [1.54, 1.807) is 11.8 Å². The van der Waals surface area contributed by atoms with Crippen LogP contribution >= 0.6 is 0 Å². The summed E-state index contributed by atoms with van der Waals surface area (Å²) in [4.78, 5) is 26.0. The standard InChI is InChI=1S/C29H41NO6/c1-6-8-9-10-15-30(29(33)36-26-19-22(4)21(3)18-23(26)5)16-17-35-25-13-11-24(12-14-25)20-27(28(31)32)34-7-2/h11-14,18-19,27H,6-10,15-17,20H2,1-5H3,(H,31,32). The first-order chi connectivity index (χ1) is 17.2. The first kappa shape index (κ1) is 29.2. The molecule has 36 heavy (non-hydrogen) atoms. The van der Waals surface area contributed by atoms with Gasteiger partial charge in [0.05, 0.1) is 6.54 Å². The molecule has 198 valence electrons. The van der Waals surface area contributed by atoms with Crippen molar-refractivity contribution in [2.45, 2.75) is 72.8 Å². The number of aliphatic carboxylic acids is 1. The molecule has 0 radical (unpaired) electrons. The summed E-state index contributed by atoms with van der Waals surface area (Å²) in [7, 11) is 0. The van der Waals surface area contributed by atoms with Crippen LogP contribution in [-0.4, -0.2) is 54.5 Å². The maximum atomic E-state index is 13.0. The second kappa shape index (κ2) is 15.1. The van der Waals surface area contributed by atoms with Crippen molar-refractivity contribution in [1.82, 2.24) is 4.90 Å². The molecular formula is C29H41NO6. The third-order valence-electron chi connectivity index (χ3n) is 6.15. The molecule has 0 heterocycles. The fraction of sp³-hybridized carbons (Fsp3) is 0.517. The van der Waals surface area contributed by atoms with Crippen LogP contribution in [0.3, 0.4) is 0 Å². The predicted molar refractivity (Wildman–Crippen MR) is 141 cm³/mol. The van der Waals surface area contributed by atoms with Gasteiger partial charge in [-0.1, -0.05) is 44.4 Å². The van der Waals surface area contributed by atoms with E-state index in [1.165, 1.54) is 5.56 Å². The van der Waals surface area contributed by atoms with Gasteiger partial charge >= 0.3 is 12.1 Å². The van der Waals surface area contributed by atoms with E-state index in [0.717, 1.165) is 42.4 Å². The lowest BCUT2D eigenvalue weighted by molar-refractivity contribution is -0.149. The Balaban J connectivity index is 1.96. The average Bonchev–Trinajstić information content (AvgIpc) is 2.84. The number of unbranched alkanes of at least 4 members (excludes halogenated alkanes) is 3. The van der Waals surface area contributed by atoms with Crippen molar-refractivity contribution in [3.8, 4) is 11.5 Å². The average molecular weight is 500 g/mol. The maximum absolute atomic E-state index is 13.0. The molecule has 2 aromatic carbocycles. The fourth-order valence-corrected chi connectivity index (χ4v) is 3.85. The number of nitrogens with zero attached hydrogens (tertiary/aromatic N) is 1. The molecule has 0 aliphatic rings. The van der Waals surface area contributed by atoms with Gasteiger partial charge in [-0.15, -0.1) is 0 Å². The second-order valence-electron chi connectivity index (χ2n) is 9.10. The third-order valence-corrected chi connectivity index (χ3v) is 6.15. The molecule has 0 saturated carbocycles. The van der Waals surface area contributed by atoms with Crippen molar-refractivity contribution >= 4 is 12.1 Å². The van der Waals surface area contributed by atoms with Crippen LogP contribution in [0, 0.1) is 20.8 Å². The largest absolute Gasteiger partial charge is 0.492 e. The Morgan fingerprint density at radius 2 is 1.61 bits per heavy atom. The third kappa shape index (κ3) is 9.53. The summed E-state index contributed by atoms with van der Waals surface area (Å²) in [5.74, 6) is 0.273. The van der Waals surface area contributed by atoms with E-state index in [1.807, 2.05) is 57.2 Å². The van der Waals surface area contributed by atoms with Gasteiger partial charge in [0.15, 0.2) is 6.10 Å². The lowest BCUT2D eigenvalue weighted by Crippen LogP contribution is -2.37. The molecule has 0 saturated heterocycles. The van der Waals surface area contributed by atoms with Crippen LogP contribution in [0.15, 0.2) is 36.4 Å². The van der Waals surface area contributed by atoms with Crippen molar-refractivity contribution in [3.63, 3.8) is 0 Å². The zero-order chi connectivity index (χ0) is 26.5. The molecule has 0 aliphatic heterocycles. The number of hydrogen-bond donors (Lipinski definition) is 1. The number of amides is 1. The van der Waals surface area contributed by atoms with Crippen molar-refractivity contribution in [1.29, 1.82) is 0 Å². The Hall–Kier alpha value is -3.06. The molecule has 7 nitrogen and oxygen atoms in total. The first-order valence-electron chi connectivity index (χ1n) is 12.9. The normalized spacial score (nSPS) is 11.7. The van der Waals surface area contributed by atoms with Crippen LogP contribution in [0.25, 0.3) is 0 Å². The number of rotatable bonds is 15. The molecule has 0 aliphatic carbocycles. The summed E-state index contributed by atoms with van der Waals surface area (Å²) in [6.07, 6.45) is 3.29. The molecule has 0 fully saturated rings. The van der Waals surface area contributed by atoms with Gasteiger partial charge in [-0.2, -0.15) is 0 Å². The van der Waals surface area contributed by atoms with Crippen LogP contribution < -0.4 is 9.47 Å². The molecule has 1 atom stereocenters. The predicted octanol–water partition coefficient (Wildman–Crippen LogP) is 6.10. The number of carbonyl (C=O) groups excluding carboxylic acids is 1. The monoisotopic (exact) mass is 499 g/mol. The van der Waals surface area contributed by atoms with E-state index in [2.05, 4.69) is 6.92 Å². The minimum absolute atomic E-state index is 0.290. The van der Waals surface area contributed by atoms with Gasteiger partial charge in [-0.3, -0.25) is 0 Å². The van der Waals surface area contributed by atoms with Gasteiger partial charge in [0, 0.05) is 19.6 Å². The van der Waals surface area contributed by atoms with E-state index in [9.17, 15) is 14.7 Å². The number of carboxylic acid groups (broad SMARTS) is 1. The Morgan fingerprint density at radius 1 is 0.917 bits per heavy atom. The number of hydrogen-bond acceptors (Lipinski definition) is 5. The van der Waals surface area contributed by atoms with E-state index >= 15 is 0 Å². The van der Waals surface area contributed by atoms with Crippen molar-refractivity contribution < 1.29 is 28.9 Å². The minimum atomic E-state index is -0.973. The summed E-state index contributed by atoms with van der Waals surface area (Å²) in [5, 5.41) is 9.27. The van der Waals surface area contributed by atoms with Crippen LogP contribution in [0.2, 0.25) is 0 Å². The highest BCUT2D eigenvalue weighted by atomic mass is 16.6. The number of ether oxygens (including phenoxy) is 3. The Labute approximate surface area is 215 Å². The summed E-state index contributed by atoms with van der Waals surface area (Å²) in [5.41, 5.74) is 4.04. The number of benzene rings is 2. The van der Waals surface area contributed by atoms with E-state index in [4.69, 9.17) is 14.2 Å². The molecule has 7 heteroatoms. The van der Waals surface area contributed by atoms with Crippen molar-refractivity contribution in [3.05, 3.63) is 58.7 Å². The lowest BCUT2D eigenvalue weighted by Gasteiger charge is -2.23. The molecule has 1 amide bonds. The van der Waals surface area contributed by atoms with Crippen LogP contribution in [0.1, 0.15) is 61.8 Å². The molecule has 2 aromatic rings. The number of aryl methyl sites for hydroxylation is 3. The van der Waals surface area contributed by atoms with Gasteiger partial charge in [0.25, 0.3) is 0 Å². The molecule has 0 aromatic heterocycles. The van der Waals surface area contributed by atoms with E-state index in [0.29, 0.717) is 44.2 Å². The van der Waals surface area contributed by atoms with E-state index < -0.39 is 12.1 Å². The zero-order valence-corrected chi connectivity index (χ0v) is 22.3. The van der Waals surface area contributed by atoms with Gasteiger partial charge in [0.1, 0.15) is 18.1 Å². The molecule has 0 spiro atoms. The summed E-state index contributed by atoms with van der Waals surface area (Å²) in [6, 6.07) is 11.2. The molecule has 1 unspecified atom stereocenters. The highest BCUT2D eigenvalue weighted by molar-refractivity contribution is 5.73. The SMILES string of the molecule is CCCCCCN(CCOc1ccc(CC(OCC)C(=O)O)cc1)C(=O)Oc1cc(C)c(C)cc1C. The quantitative estimate of drug-likeness (QED) is 0.298. The van der Waals surface area contributed by atoms with Crippen LogP contribution in [0.5, 0.6) is 11.5 Å². The fourth-order valence-electron chi connectivity index (χ4n) is 3.85. The Kier molecular flexibility index (Phi) is 12.3. The summed E-state index contributed by atoms with van der Waals surface area (Å²) >= 11 is 0. The molecule has 2 rings (SSSR count). The topological polar surface area (TPSA) is 85.3 Å². The smallest absolute Gasteiger partial charge is 0.415 e. The second-order valence-corrected chi connectivity index (χ2v) is 9.10. The van der Waals surface area contributed by atoms with Gasteiger partial charge in [0.2, 0.25) is 0 Å². The molecule has 1 N–H and O–H groups in total. The Morgan fingerprint density at radius 3 is 2.25 bits per heavy atom. The highest BCUT2D eigenvalue weighted by Crippen LogP contribution is 2.23. The minimum Gasteiger partial charge on any atom is -0.492 e. The van der Waals surface area contributed by atoms with Crippen LogP contribution in [-0.2, 0) is 16.0 Å². The number of carbonyl (C=O) groups is 2. The Bertz CT molecular complexity index is 972. The zero-order valence-electron chi connectivity index (χ0n) is 22.3. The van der Waals surface area contributed by atoms with Crippen molar-refractivity contribution in [2.24, 2.45) is 0 Å². The maximum Gasteiger partial charge on any atom is 0.415 e. The van der Waals surface area contributed by atoms with E-state index in [-0.39, 0.29) is 6.09 Å². The lowest BCUT2D eigenvalue weighted by atomic mass is 10.1. The van der Waals surface area contributed by atoms with Crippen LogP contribution in [0.4, 0.5) is 4.79 Å². The summed E-state index contributed by atoms with van der Waals surface area (Å²) in [6.45, 7) is 11.6.